The van der Waals surface area contributed by atoms with Gasteiger partial charge in [0.15, 0.2) is 17.6 Å². The molecule has 1 atom stereocenters. The Morgan fingerprint density at radius 3 is 2.25 bits per heavy atom. The predicted octanol–water partition coefficient (Wildman–Crippen LogP) is 5.07. The molecule has 0 fully saturated rings. The van der Waals surface area contributed by atoms with Crippen LogP contribution in [-0.4, -0.2) is 30.1 Å². The first-order valence-corrected chi connectivity index (χ1v) is 8.76. The quantitative estimate of drug-likeness (QED) is 0.629. The van der Waals surface area contributed by atoms with E-state index >= 15 is 0 Å². The zero-order valence-electron chi connectivity index (χ0n) is 15.5. The van der Waals surface area contributed by atoms with Gasteiger partial charge < -0.3 is 19.3 Å². The van der Waals surface area contributed by atoms with E-state index in [9.17, 15) is 23.1 Å². The first kappa shape index (κ1) is 21.4. The SMILES string of the molecule is CCCC(Oc1ccc(-c2ccc(OC(F)(F)F)cc2)cc1O)C(=O)OCC. The highest BCUT2D eigenvalue weighted by atomic mass is 19.4. The lowest BCUT2D eigenvalue weighted by atomic mass is 10.0. The van der Waals surface area contributed by atoms with Gasteiger partial charge in [0.1, 0.15) is 5.75 Å². The Morgan fingerprint density at radius 1 is 1.07 bits per heavy atom. The van der Waals surface area contributed by atoms with Crippen molar-refractivity contribution in [2.24, 2.45) is 0 Å². The Balaban J connectivity index is 2.16. The van der Waals surface area contributed by atoms with Crippen LogP contribution in [0.15, 0.2) is 42.5 Å². The van der Waals surface area contributed by atoms with Crippen LogP contribution in [0.25, 0.3) is 11.1 Å². The molecule has 2 rings (SSSR count). The maximum Gasteiger partial charge on any atom is 0.573 e. The monoisotopic (exact) mass is 398 g/mol. The molecule has 0 aliphatic carbocycles. The molecule has 152 valence electrons. The smallest absolute Gasteiger partial charge is 0.504 e. The molecule has 8 heteroatoms. The molecule has 0 saturated heterocycles. The second-order valence-electron chi connectivity index (χ2n) is 5.90. The van der Waals surface area contributed by atoms with Gasteiger partial charge in [-0.15, -0.1) is 13.2 Å². The van der Waals surface area contributed by atoms with Gasteiger partial charge in [0.05, 0.1) is 6.61 Å². The van der Waals surface area contributed by atoms with E-state index < -0.39 is 18.4 Å². The molecule has 2 aromatic rings. The molecule has 1 N–H and O–H groups in total. The Labute approximate surface area is 160 Å². The summed E-state index contributed by atoms with van der Waals surface area (Å²) in [6.07, 6.45) is -4.47. The van der Waals surface area contributed by atoms with Crippen molar-refractivity contribution < 1.29 is 37.3 Å². The van der Waals surface area contributed by atoms with Gasteiger partial charge in [0.2, 0.25) is 0 Å². The van der Waals surface area contributed by atoms with E-state index in [0.717, 1.165) is 0 Å². The van der Waals surface area contributed by atoms with Crippen molar-refractivity contribution in [2.45, 2.75) is 39.2 Å². The third-order valence-electron chi connectivity index (χ3n) is 3.75. The van der Waals surface area contributed by atoms with Gasteiger partial charge in [-0.2, -0.15) is 0 Å². The van der Waals surface area contributed by atoms with Crippen molar-refractivity contribution in [3.8, 4) is 28.4 Å². The maximum atomic E-state index is 12.2. The Bertz CT molecular complexity index is 787. The molecule has 0 aliphatic heterocycles. The number of esters is 1. The van der Waals surface area contributed by atoms with Gasteiger partial charge in [0.25, 0.3) is 0 Å². The molecule has 2 aromatic carbocycles. The number of hydrogen-bond donors (Lipinski definition) is 1. The summed E-state index contributed by atoms with van der Waals surface area (Å²) in [5.74, 6) is -0.920. The van der Waals surface area contributed by atoms with E-state index in [1.54, 1.807) is 13.0 Å². The zero-order chi connectivity index (χ0) is 20.7. The molecule has 0 heterocycles. The average molecular weight is 398 g/mol. The fraction of sp³-hybridized carbons (Fsp3) is 0.350. The molecule has 0 aromatic heterocycles. The minimum atomic E-state index is -4.76. The summed E-state index contributed by atoms with van der Waals surface area (Å²) in [7, 11) is 0. The normalized spacial score (nSPS) is 12.3. The highest BCUT2D eigenvalue weighted by Crippen LogP contribution is 2.34. The second kappa shape index (κ2) is 9.34. The fourth-order valence-electron chi connectivity index (χ4n) is 2.52. The van der Waals surface area contributed by atoms with E-state index in [1.165, 1.54) is 36.4 Å². The molecule has 0 amide bonds. The number of phenolic OH excluding ortho intramolecular Hbond substituents is 1. The van der Waals surface area contributed by atoms with E-state index in [-0.39, 0.29) is 23.9 Å². The standard InChI is InChI=1S/C20H21F3O5/c1-3-5-18(19(25)26-4-2)27-17-11-8-14(12-16(17)24)13-6-9-15(10-7-13)28-20(21,22)23/h6-12,18,24H,3-5H2,1-2H3. The summed E-state index contributed by atoms with van der Waals surface area (Å²) in [6, 6.07) is 9.77. The lowest BCUT2D eigenvalue weighted by Gasteiger charge is -2.18. The van der Waals surface area contributed by atoms with E-state index in [4.69, 9.17) is 9.47 Å². The Hall–Kier alpha value is -2.90. The number of hydrogen-bond acceptors (Lipinski definition) is 5. The Morgan fingerprint density at radius 2 is 1.71 bits per heavy atom. The van der Waals surface area contributed by atoms with Gasteiger partial charge >= 0.3 is 12.3 Å². The van der Waals surface area contributed by atoms with Gasteiger partial charge in [-0.25, -0.2) is 4.79 Å². The van der Waals surface area contributed by atoms with Crippen LogP contribution in [0.4, 0.5) is 13.2 Å². The lowest BCUT2D eigenvalue weighted by Crippen LogP contribution is -2.29. The number of benzene rings is 2. The molecule has 1 unspecified atom stereocenters. The molecule has 0 saturated carbocycles. The zero-order valence-corrected chi connectivity index (χ0v) is 15.5. The first-order valence-electron chi connectivity index (χ1n) is 8.76. The van der Waals surface area contributed by atoms with Gasteiger partial charge in [0, 0.05) is 0 Å². The number of carbonyl (C=O) groups excluding carboxylic acids is 1. The average Bonchev–Trinajstić information content (AvgIpc) is 2.62. The summed E-state index contributed by atoms with van der Waals surface area (Å²) < 4.78 is 51.1. The first-order chi connectivity index (χ1) is 13.2. The molecule has 0 aliphatic rings. The fourth-order valence-corrected chi connectivity index (χ4v) is 2.52. The van der Waals surface area contributed by atoms with Crippen molar-refractivity contribution in [3.63, 3.8) is 0 Å². The minimum absolute atomic E-state index is 0.118. The van der Waals surface area contributed by atoms with Crippen LogP contribution in [-0.2, 0) is 9.53 Å². The van der Waals surface area contributed by atoms with E-state index in [2.05, 4.69) is 4.74 Å². The predicted molar refractivity (Wildman–Crippen MR) is 96.2 cm³/mol. The number of rotatable bonds is 8. The molecule has 0 radical (unpaired) electrons. The van der Waals surface area contributed by atoms with Crippen LogP contribution < -0.4 is 9.47 Å². The molecule has 5 nitrogen and oxygen atoms in total. The van der Waals surface area contributed by atoms with Crippen molar-refractivity contribution >= 4 is 5.97 Å². The van der Waals surface area contributed by atoms with Crippen molar-refractivity contribution in [3.05, 3.63) is 42.5 Å². The van der Waals surface area contributed by atoms with E-state index in [1.807, 2.05) is 6.92 Å². The third kappa shape index (κ3) is 6.07. The van der Waals surface area contributed by atoms with Crippen molar-refractivity contribution in [1.82, 2.24) is 0 Å². The summed E-state index contributed by atoms with van der Waals surface area (Å²) in [4.78, 5) is 11.9. The van der Waals surface area contributed by atoms with Crippen LogP contribution in [0.1, 0.15) is 26.7 Å². The Kier molecular flexibility index (Phi) is 7.14. The number of aromatic hydroxyl groups is 1. The van der Waals surface area contributed by atoms with Gasteiger partial charge in [-0.1, -0.05) is 31.5 Å². The van der Waals surface area contributed by atoms with Gasteiger partial charge in [-0.05, 0) is 48.7 Å². The summed E-state index contributed by atoms with van der Waals surface area (Å²) in [6.45, 7) is 3.81. The lowest BCUT2D eigenvalue weighted by molar-refractivity contribution is -0.274. The van der Waals surface area contributed by atoms with E-state index in [0.29, 0.717) is 24.0 Å². The van der Waals surface area contributed by atoms with Crippen LogP contribution in [0.2, 0.25) is 0 Å². The molecular formula is C20H21F3O5. The van der Waals surface area contributed by atoms with Crippen molar-refractivity contribution in [2.75, 3.05) is 6.61 Å². The van der Waals surface area contributed by atoms with Crippen LogP contribution in [0.3, 0.4) is 0 Å². The topological polar surface area (TPSA) is 65.0 Å². The molecule has 0 bridgehead atoms. The number of alkyl halides is 3. The molecular weight excluding hydrogens is 377 g/mol. The largest absolute Gasteiger partial charge is 0.573 e. The minimum Gasteiger partial charge on any atom is -0.504 e. The summed E-state index contributed by atoms with van der Waals surface area (Å²) >= 11 is 0. The second-order valence-corrected chi connectivity index (χ2v) is 5.90. The molecule has 28 heavy (non-hydrogen) atoms. The molecule has 0 spiro atoms. The van der Waals surface area contributed by atoms with Crippen LogP contribution in [0.5, 0.6) is 17.2 Å². The van der Waals surface area contributed by atoms with Crippen LogP contribution >= 0.6 is 0 Å². The highest BCUT2D eigenvalue weighted by Gasteiger charge is 2.31. The number of carbonyl (C=O) groups is 1. The van der Waals surface area contributed by atoms with Gasteiger partial charge in [-0.3, -0.25) is 0 Å². The highest BCUT2D eigenvalue weighted by molar-refractivity contribution is 5.75. The number of halogens is 3. The maximum absolute atomic E-state index is 12.2. The van der Waals surface area contributed by atoms with Crippen molar-refractivity contribution in [1.29, 1.82) is 0 Å². The summed E-state index contributed by atoms with van der Waals surface area (Å²) in [5.41, 5.74) is 1.14. The number of phenols is 1. The van der Waals surface area contributed by atoms with Crippen LogP contribution in [0, 0.1) is 0 Å². The number of ether oxygens (including phenoxy) is 3. The third-order valence-corrected chi connectivity index (χ3v) is 3.75. The summed E-state index contributed by atoms with van der Waals surface area (Å²) in [5, 5.41) is 10.2.